The van der Waals surface area contributed by atoms with Crippen LogP contribution in [0.15, 0.2) is 42.5 Å². The van der Waals surface area contributed by atoms with Crippen LogP contribution in [0.25, 0.3) is 10.2 Å². The number of para-hydroxylation sites is 1. The predicted molar refractivity (Wildman–Crippen MR) is 117 cm³/mol. The first-order valence-corrected chi connectivity index (χ1v) is 10.6. The molecule has 0 aliphatic heterocycles. The van der Waals surface area contributed by atoms with E-state index in [1.807, 2.05) is 0 Å². The molecule has 0 saturated heterocycles. The number of fused-ring (bicyclic) bond motifs is 1. The van der Waals surface area contributed by atoms with E-state index < -0.39 is 11.8 Å². The minimum absolute atomic E-state index is 0.185. The smallest absolute Gasteiger partial charge is 0.338 e. The van der Waals surface area contributed by atoms with Gasteiger partial charge in [0.1, 0.15) is 11.3 Å². The van der Waals surface area contributed by atoms with Crippen molar-refractivity contribution in [2.45, 2.75) is 13.8 Å². The number of likely N-dealkylation sites (N-methyl/N-ethyl adjacent to an activating group) is 1. The van der Waals surface area contributed by atoms with Crippen molar-refractivity contribution in [3.05, 3.63) is 59.4 Å². The first kappa shape index (κ1) is 21.9. The van der Waals surface area contributed by atoms with Crippen molar-refractivity contribution in [3.8, 4) is 0 Å². The minimum Gasteiger partial charge on any atom is -0.465 e. The van der Waals surface area contributed by atoms with E-state index in [4.69, 9.17) is 4.74 Å². The number of anilines is 1. The Balaban J connectivity index is 2.04. The molecule has 0 aliphatic carbocycles. The van der Waals surface area contributed by atoms with Gasteiger partial charge in [-0.05, 0) is 37.4 Å². The van der Waals surface area contributed by atoms with Crippen LogP contribution in [0.2, 0.25) is 0 Å². The maximum absolute atomic E-state index is 14.2. The number of ether oxygens (including phenoxy) is 1. The van der Waals surface area contributed by atoms with Crippen molar-refractivity contribution < 1.29 is 18.7 Å². The van der Waals surface area contributed by atoms with Gasteiger partial charge in [0.25, 0.3) is 5.91 Å². The second-order valence-electron chi connectivity index (χ2n) is 6.60. The van der Waals surface area contributed by atoms with E-state index in [2.05, 4.69) is 23.7 Å². The molecule has 3 rings (SSSR count). The summed E-state index contributed by atoms with van der Waals surface area (Å²) in [4.78, 5) is 33.8. The van der Waals surface area contributed by atoms with Gasteiger partial charge in [-0.2, -0.15) is 0 Å². The number of amides is 1. The molecule has 0 spiro atoms. The van der Waals surface area contributed by atoms with Crippen LogP contribution in [0, 0.1) is 5.82 Å². The fourth-order valence-electron chi connectivity index (χ4n) is 3.19. The van der Waals surface area contributed by atoms with Crippen LogP contribution >= 0.6 is 11.3 Å². The molecule has 0 radical (unpaired) electrons. The van der Waals surface area contributed by atoms with E-state index in [0.29, 0.717) is 22.9 Å². The van der Waals surface area contributed by atoms with Gasteiger partial charge in [0.2, 0.25) is 0 Å². The summed E-state index contributed by atoms with van der Waals surface area (Å²) < 4.78 is 19.7. The van der Waals surface area contributed by atoms with Crippen LogP contribution < -0.4 is 4.90 Å². The molecule has 0 atom stereocenters. The lowest BCUT2D eigenvalue weighted by Gasteiger charge is -2.25. The number of methoxy groups -OCH3 is 1. The molecular weight excluding hydrogens is 405 g/mol. The molecule has 158 valence electrons. The molecule has 3 aromatic rings. The van der Waals surface area contributed by atoms with Gasteiger partial charge in [0.15, 0.2) is 5.13 Å². The molecule has 0 N–H and O–H groups in total. The van der Waals surface area contributed by atoms with Gasteiger partial charge < -0.3 is 9.64 Å². The molecule has 0 aliphatic rings. The fraction of sp³-hybridized carbons (Fsp3) is 0.318. The number of nitrogens with zero attached hydrogens (tertiary/aromatic N) is 3. The third kappa shape index (κ3) is 4.49. The SMILES string of the molecule is CCN(CC)CCN(C(=O)c1ccccc1C(=O)OC)c1nc2c(F)cccc2s1. The van der Waals surface area contributed by atoms with Crippen LogP contribution in [0.3, 0.4) is 0 Å². The molecule has 6 nitrogen and oxygen atoms in total. The highest BCUT2D eigenvalue weighted by Crippen LogP contribution is 2.31. The number of carbonyl (C=O) groups is 2. The Labute approximate surface area is 178 Å². The van der Waals surface area contributed by atoms with Gasteiger partial charge in [0, 0.05) is 13.1 Å². The van der Waals surface area contributed by atoms with Crippen molar-refractivity contribution in [1.29, 1.82) is 0 Å². The zero-order chi connectivity index (χ0) is 21.7. The fourth-order valence-corrected chi connectivity index (χ4v) is 4.19. The van der Waals surface area contributed by atoms with E-state index in [0.717, 1.165) is 13.1 Å². The zero-order valence-electron chi connectivity index (χ0n) is 17.2. The number of hydrogen-bond donors (Lipinski definition) is 0. The molecule has 2 aromatic carbocycles. The molecule has 1 heterocycles. The molecule has 0 bridgehead atoms. The van der Waals surface area contributed by atoms with Crippen molar-refractivity contribution in [1.82, 2.24) is 9.88 Å². The van der Waals surface area contributed by atoms with Crippen LogP contribution in [-0.4, -0.2) is 55.0 Å². The number of thiazole rings is 1. The monoisotopic (exact) mass is 429 g/mol. The quantitative estimate of drug-likeness (QED) is 0.502. The normalized spacial score (nSPS) is 11.1. The van der Waals surface area contributed by atoms with Crippen LogP contribution in [0.1, 0.15) is 34.6 Å². The molecule has 0 unspecified atom stereocenters. The molecule has 8 heteroatoms. The number of rotatable bonds is 8. The Morgan fingerprint density at radius 1 is 1.03 bits per heavy atom. The van der Waals surface area contributed by atoms with Gasteiger partial charge >= 0.3 is 5.97 Å². The Morgan fingerprint density at radius 2 is 1.73 bits per heavy atom. The number of aromatic nitrogens is 1. The number of halogens is 1. The zero-order valence-corrected chi connectivity index (χ0v) is 18.0. The standard InChI is InChI=1S/C22H24FN3O3S/c1-4-25(5-2)13-14-26(22-24-19-17(23)11-8-12-18(19)30-22)20(27)15-9-6-7-10-16(15)21(28)29-3/h6-12H,4-5,13-14H2,1-3H3. The van der Waals surface area contributed by atoms with E-state index in [-0.39, 0.29) is 22.6 Å². The topological polar surface area (TPSA) is 62.7 Å². The lowest BCUT2D eigenvalue weighted by Crippen LogP contribution is -2.39. The van der Waals surface area contributed by atoms with E-state index in [1.165, 1.54) is 29.4 Å². The van der Waals surface area contributed by atoms with Gasteiger partial charge in [0.05, 0.1) is 22.9 Å². The lowest BCUT2D eigenvalue weighted by molar-refractivity contribution is 0.0597. The molecule has 0 fully saturated rings. The number of benzene rings is 2. The molecule has 30 heavy (non-hydrogen) atoms. The van der Waals surface area contributed by atoms with Gasteiger partial charge in [-0.15, -0.1) is 0 Å². The van der Waals surface area contributed by atoms with Crippen molar-refractivity contribution in [3.63, 3.8) is 0 Å². The maximum atomic E-state index is 14.2. The second kappa shape index (κ2) is 9.77. The first-order valence-electron chi connectivity index (χ1n) is 9.76. The Kier molecular flexibility index (Phi) is 7.12. The van der Waals surface area contributed by atoms with E-state index >= 15 is 0 Å². The van der Waals surface area contributed by atoms with E-state index in [1.54, 1.807) is 36.4 Å². The average molecular weight is 430 g/mol. The van der Waals surface area contributed by atoms with Crippen LogP contribution in [-0.2, 0) is 4.74 Å². The Bertz CT molecular complexity index is 1050. The summed E-state index contributed by atoms with van der Waals surface area (Å²) in [5.41, 5.74) is 0.646. The van der Waals surface area contributed by atoms with E-state index in [9.17, 15) is 14.0 Å². The largest absolute Gasteiger partial charge is 0.465 e. The molecule has 1 aromatic heterocycles. The van der Waals surface area contributed by atoms with Crippen LogP contribution in [0.4, 0.5) is 9.52 Å². The average Bonchev–Trinajstić information content (AvgIpc) is 3.21. The third-order valence-electron chi connectivity index (χ3n) is 4.93. The van der Waals surface area contributed by atoms with Crippen molar-refractivity contribution in [2.24, 2.45) is 0 Å². The predicted octanol–water partition coefficient (Wildman–Crippen LogP) is 4.21. The second-order valence-corrected chi connectivity index (χ2v) is 7.61. The summed E-state index contributed by atoms with van der Waals surface area (Å²) in [6.45, 7) is 6.76. The van der Waals surface area contributed by atoms with Gasteiger partial charge in [-0.3, -0.25) is 9.69 Å². The summed E-state index contributed by atoms with van der Waals surface area (Å²) in [5.74, 6) is -1.39. The van der Waals surface area contributed by atoms with Crippen LogP contribution in [0.5, 0.6) is 0 Å². The summed E-state index contributed by atoms with van der Waals surface area (Å²) >= 11 is 1.25. The summed E-state index contributed by atoms with van der Waals surface area (Å²) in [7, 11) is 1.28. The lowest BCUT2D eigenvalue weighted by atomic mass is 10.1. The number of esters is 1. The molecule has 0 saturated carbocycles. The minimum atomic E-state index is -0.585. The summed E-state index contributed by atoms with van der Waals surface area (Å²) in [6.07, 6.45) is 0. The highest BCUT2D eigenvalue weighted by Gasteiger charge is 2.26. The highest BCUT2D eigenvalue weighted by atomic mass is 32.1. The highest BCUT2D eigenvalue weighted by molar-refractivity contribution is 7.22. The maximum Gasteiger partial charge on any atom is 0.338 e. The number of carbonyl (C=O) groups excluding carboxylic acids is 2. The van der Waals surface area contributed by atoms with Crippen molar-refractivity contribution >= 4 is 38.6 Å². The third-order valence-corrected chi connectivity index (χ3v) is 5.98. The molecule has 1 amide bonds. The summed E-state index contributed by atoms with van der Waals surface area (Å²) in [6, 6.07) is 11.3. The Hall–Kier alpha value is -2.84. The van der Waals surface area contributed by atoms with Gasteiger partial charge in [-0.1, -0.05) is 43.4 Å². The number of hydrogen-bond acceptors (Lipinski definition) is 6. The first-order chi connectivity index (χ1) is 14.5. The summed E-state index contributed by atoms with van der Waals surface area (Å²) in [5, 5.41) is 0.395. The Morgan fingerprint density at radius 3 is 2.37 bits per heavy atom. The molecular formula is C22H24FN3O3S. The van der Waals surface area contributed by atoms with Gasteiger partial charge in [-0.25, -0.2) is 14.2 Å². The van der Waals surface area contributed by atoms with Crippen molar-refractivity contribution in [2.75, 3.05) is 38.2 Å².